The number of rotatable bonds is 6. The predicted octanol–water partition coefficient (Wildman–Crippen LogP) is 3.87. The third kappa shape index (κ3) is 9.08. The molecule has 0 aromatic rings. The van der Waals surface area contributed by atoms with Gasteiger partial charge in [0.05, 0.1) is 0 Å². The molecule has 0 rings (SSSR count). The lowest BCUT2D eigenvalue weighted by atomic mass is 9.73. The van der Waals surface area contributed by atoms with E-state index in [9.17, 15) is 0 Å². The molecule has 0 saturated carbocycles. The SMILES string of the molecule is C=C(BC)/C=C\C=C/C(C)/C=C\C=C/C. The van der Waals surface area contributed by atoms with Crippen LogP contribution in [0.5, 0.6) is 0 Å². The zero-order chi connectivity index (χ0) is 11.5. The summed E-state index contributed by atoms with van der Waals surface area (Å²) < 4.78 is 0. The fourth-order valence-corrected chi connectivity index (χ4v) is 0.964. The molecule has 0 spiro atoms. The van der Waals surface area contributed by atoms with Crippen LogP contribution in [0.25, 0.3) is 0 Å². The highest BCUT2D eigenvalue weighted by molar-refractivity contribution is 6.44. The third-order valence-electron chi connectivity index (χ3n) is 2.03. The molecule has 0 N–H and O–H groups in total. The van der Waals surface area contributed by atoms with Gasteiger partial charge in [0.25, 0.3) is 0 Å². The zero-order valence-electron chi connectivity index (χ0n) is 10.1. The van der Waals surface area contributed by atoms with Gasteiger partial charge in [0, 0.05) is 0 Å². The van der Waals surface area contributed by atoms with Gasteiger partial charge in [-0.3, -0.25) is 0 Å². The van der Waals surface area contributed by atoms with Crippen LogP contribution < -0.4 is 0 Å². The second-order valence-corrected chi connectivity index (χ2v) is 3.53. The quantitative estimate of drug-likeness (QED) is 0.451. The van der Waals surface area contributed by atoms with E-state index in [4.69, 9.17) is 0 Å². The van der Waals surface area contributed by atoms with E-state index in [-0.39, 0.29) is 0 Å². The Morgan fingerprint density at radius 3 is 2.27 bits per heavy atom. The van der Waals surface area contributed by atoms with E-state index in [0.717, 1.165) is 12.8 Å². The van der Waals surface area contributed by atoms with Crippen molar-refractivity contribution in [3.63, 3.8) is 0 Å². The van der Waals surface area contributed by atoms with Crippen LogP contribution in [0.4, 0.5) is 0 Å². The molecule has 80 valence electrons. The molecule has 0 saturated heterocycles. The minimum absolute atomic E-state index is 0.473. The Hall–Kier alpha value is -1.24. The van der Waals surface area contributed by atoms with Crippen molar-refractivity contribution in [2.75, 3.05) is 0 Å². The maximum absolute atomic E-state index is 3.91. The van der Waals surface area contributed by atoms with E-state index in [1.807, 2.05) is 25.2 Å². The molecule has 0 heterocycles. The molecule has 0 aromatic heterocycles. The van der Waals surface area contributed by atoms with Gasteiger partial charge in [0.15, 0.2) is 7.28 Å². The lowest BCUT2D eigenvalue weighted by molar-refractivity contribution is 0.940. The van der Waals surface area contributed by atoms with Gasteiger partial charge in [-0.25, -0.2) is 0 Å². The van der Waals surface area contributed by atoms with Gasteiger partial charge in [-0.1, -0.05) is 67.8 Å². The highest BCUT2D eigenvalue weighted by Crippen LogP contribution is 2.00. The summed E-state index contributed by atoms with van der Waals surface area (Å²) in [7, 11) is 1.01. The lowest BCUT2D eigenvalue weighted by Gasteiger charge is -1.94. The van der Waals surface area contributed by atoms with Crippen molar-refractivity contribution in [2.24, 2.45) is 5.92 Å². The molecule has 0 amide bonds. The smallest absolute Gasteiger partial charge is 0.105 e. The molecule has 1 atom stereocenters. The fraction of sp³-hybridized carbons (Fsp3) is 0.286. The Morgan fingerprint density at radius 1 is 1.13 bits per heavy atom. The molecular formula is C14H21B. The standard InChI is InChI=1S/C14H21B/c1-5-6-7-10-13(2)11-8-9-12-14(3)15-4/h5-13,15H,3H2,1-2,4H3/b6-5-,10-7-,11-8-,12-9-. The van der Waals surface area contributed by atoms with Gasteiger partial charge in [0.2, 0.25) is 0 Å². The summed E-state index contributed by atoms with van der Waals surface area (Å²) in [6.45, 7) is 10.2. The molecule has 0 aliphatic heterocycles. The summed E-state index contributed by atoms with van der Waals surface area (Å²) in [6, 6.07) is 0. The average molecular weight is 200 g/mol. The Kier molecular flexibility index (Phi) is 8.56. The topological polar surface area (TPSA) is 0 Å². The summed E-state index contributed by atoms with van der Waals surface area (Å²) >= 11 is 0. The van der Waals surface area contributed by atoms with Crippen LogP contribution in [0.3, 0.4) is 0 Å². The molecular weight excluding hydrogens is 179 g/mol. The van der Waals surface area contributed by atoms with Crippen molar-refractivity contribution < 1.29 is 0 Å². The van der Waals surface area contributed by atoms with Gasteiger partial charge in [-0.15, -0.1) is 6.58 Å². The van der Waals surface area contributed by atoms with E-state index < -0.39 is 0 Å². The summed E-state index contributed by atoms with van der Waals surface area (Å²) in [5, 5.41) is 0. The van der Waals surface area contributed by atoms with Crippen LogP contribution in [-0.4, -0.2) is 7.28 Å². The minimum atomic E-state index is 0.473. The van der Waals surface area contributed by atoms with Crippen molar-refractivity contribution in [3.8, 4) is 0 Å². The van der Waals surface area contributed by atoms with Crippen LogP contribution in [0.15, 0.2) is 60.7 Å². The van der Waals surface area contributed by atoms with Crippen LogP contribution in [0, 0.1) is 5.92 Å². The molecule has 0 aromatic carbocycles. The summed E-state index contributed by atoms with van der Waals surface area (Å²) in [6.07, 6.45) is 16.6. The van der Waals surface area contributed by atoms with Gasteiger partial charge in [0.1, 0.15) is 0 Å². The van der Waals surface area contributed by atoms with Gasteiger partial charge < -0.3 is 0 Å². The molecule has 0 fully saturated rings. The van der Waals surface area contributed by atoms with E-state index >= 15 is 0 Å². The summed E-state index contributed by atoms with van der Waals surface area (Å²) in [5.74, 6) is 0.473. The molecule has 1 heteroatoms. The highest BCUT2D eigenvalue weighted by Gasteiger charge is 1.86. The second kappa shape index (κ2) is 9.33. The Morgan fingerprint density at radius 2 is 1.73 bits per heavy atom. The number of allylic oxidation sites excluding steroid dienone is 9. The van der Waals surface area contributed by atoms with Crippen LogP contribution in [0.1, 0.15) is 13.8 Å². The van der Waals surface area contributed by atoms with E-state index in [1.165, 1.54) is 0 Å². The Bertz CT molecular complexity index is 280. The maximum Gasteiger partial charge on any atom is 0.153 e. The van der Waals surface area contributed by atoms with Gasteiger partial charge >= 0.3 is 0 Å². The second-order valence-electron chi connectivity index (χ2n) is 3.53. The monoisotopic (exact) mass is 200 g/mol. The van der Waals surface area contributed by atoms with E-state index in [2.05, 4.69) is 50.7 Å². The van der Waals surface area contributed by atoms with Crippen LogP contribution >= 0.6 is 0 Å². The predicted molar refractivity (Wildman–Crippen MR) is 73.6 cm³/mol. The molecule has 15 heavy (non-hydrogen) atoms. The molecule has 1 unspecified atom stereocenters. The molecule has 0 bridgehead atoms. The molecule has 0 aliphatic rings. The Balaban J connectivity index is 3.96. The fourth-order valence-electron chi connectivity index (χ4n) is 0.964. The van der Waals surface area contributed by atoms with Crippen molar-refractivity contribution in [1.29, 1.82) is 0 Å². The Labute approximate surface area is 95.0 Å². The normalized spacial score (nSPS) is 14.6. The maximum atomic E-state index is 3.91. The molecule has 0 aliphatic carbocycles. The first-order valence-electron chi connectivity index (χ1n) is 5.52. The van der Waals surface area contributed by atoms with Crippen LogP contribution in [0.2, 0.25) is 6.82 Å². The average Bonchev–Trinajstić information content (AvgIpc) is 2.24. The largest absolute Gasteiger partial charge is 0.153 e. The van der Waals surface area contributed by atoms with Crippen molar-refractivity contribution in [1.82, 2.24) is 0 Å². The minimum Gasteiger partial charge on any atom is -0.105 e. The molecule has 0 nitrogen and oxygen atoms in total. The van der Waals surface area contributed by atoms with Gasteiger partial charge in [-0.2, -0.15) is 0 Å². The first-order chi connectivity index (χ1) is 7.20. The van der Waals surface area contributed by atoms with Crippen molar-refractivity contribution >= 4 is 7.28 Å². The number of hydrogen-bond acceptors (Lipinski definition) is 0. The lowest BCUT2D eigenvalue weighted by Crippen LogP contribution is -1.82. The molecule has 0 radical (unpaired) electrons. The van der Waals surface area contributed by atoms with Gasteiger partial charge in [-0.05, 0) is 12.8 Å². The van der Waals surface area contributed by atoms with Crippen LogP contribution in [-0.2, 0) is 0 Å². The third-order valence-corrected chi connectivity index (χ3v) is 2.03. The van der Waals surface area contributed by atoms with E-state index in [1.54, 1.807) is 0 Å². The van der Waals surface area contributed by atoms with Crippen molar-refractivity contribution in [3.05, 3.63) is 60.7 Å². The number of hydrogen-bond donors (Lipinski definition) is 0. The first kappa shape index (κ1) is 13.8. The zero-order valence-corrected chi connectivity index (χ0v) is 10.1. The van der Waals surface area contributed by atoms with Crippen molar-refractivity contribution in [2.45, 2.75) is 20.7 Å². The first-order valence-corrected chi connectivity index (χ1v) is 5.52. The summed E-state index contributed by atoms with van der Waals surface area (Å²) in [5.41, 5.74) is 1.16. The summed E-state index contributed by atoms with van der Waals surface area (Å²) in [4.78, 5) is 0. The highest BCUT2D eigenvalue weighted by atomic mass is 13.9. The van der Waals surface area contributed by atoms with E-state index in [0.29, 0.717) is 5.92 Å².